The summed E-state index contributed by atoms with van der Waals surface area (Å²) in [6, 6.07) is 13.6. The summed E-state index contributed by atoms with van der Waals surface area (Å²) in [5.41, 5.74) is 4.31. The fourth-order valence-electron chi connectivity index (χ4n) is 3.59. The molecule has 0 unspecified atom stereocenters. The summed E-state index contributed by atoms with van der Waals surface area (Å²) in [6.45, 7) is 0.932. The Morgan fingerprint density at radius 2 is 1.89 bits per heavy atom. The minimum atomic E-state index is 0.599. The molecule has 0 aliphatic carbocycles. The summed E-state index contributed by atoms with van der Waals surface area (Å²) in [7, 11) is 1.70. The summed E-state index contributed by atoms with van der Waals surface area (Å²) < 4.78 is 7.46. The zero-order valence-corrected chi connectivity index (χ0v) is 16.6. The zero-order valence-electron chi connectivity index (χ0n) is 15.1. The number of aromatic nitrogens is 2. The summed E-state index contributed by atoms with van der Waals surface area (Å²) in [4.78, 5) is 0. The molecule has 2 heterocycles. The van der Waals surface area contributed by atoms with Gasteiger partial charge in [-0.25, -0.2) is 4.68 Å². The van der Waals surface area contributed by atoms with E-state index in [1.807, 2.05) is 35.0 Å². The maximum Gasteiger partial charge on any atom is 0.133 e. The Labute approximate surface area is 169 Å². The zero-order chi connectivity index (χ0) is 18.8. The van der Waals surface area contributed by atoms with Gasteiger partial charge in [-0.1, -0.05) is 41.4 Å². The van der Waals surface area contributed by atoms with E-state index in [-0.39, 0.29) is 0 Å². The van der Waals surface area contributed by atoms with Crippen LogP contribution in [0, 0.1) is 0 Å². The van der Waals surface area contributed by atoms with E-state index in [9.17, 15) is 0 Å². The van der Waals surface area contributed by atoms with Crippen LogP contribution < -0.4 is 10.1 Å². The van der Waals surface area contributed by atoms with E-state index in [2.05, 4.69) is 11.4 Å². The third-order valence-corrected chi connectivity index (χ3v) is 5.29. The van der Waals surface area contributed by atoms with Gasteiger partial charge in [-0.2, -0.15) is 5.10 Å². The van der Waals surface area contributed by atoms with Crippen LogP contribution in [0.3, 0.4) is 0 Å². The lowest BCUT2D eigenvalue weighted by Crippen LogP contribution is -2.07. The third-order valence-electron chi connectivity index (χ3n) is 4.86. The number of rotatable bonds is 4. The molecule has 0 bridgehead atoms. The molecule has 0 saturated carbocycles. The van der Waals surface area contributed by atoms with E-state index in [0.29, 0.717) is 10.0 Å². The van der Waals surface area contributed by atoms with Crippen LogP contribution in [-0.2, 0) is 12.8 Å². The summed E-state index contributed by atoms with van der Waals surface area (Å²) >= 11 is 12.5. The number of anilines is 1. The molecule has 2 aromatic carbocycles. The molecule has 1 aliphatic heterocycles. The molecular formula is C21H21Cl2N3O. The number of para-hydroxylation sites is 1. The minimum absolute atomic E-state index is 0.599. The molecule has 1 aliphatic rings. The Morgan fingerprint density at radius 3 is 2.67 bits per heavy atom. The van der Waals surface area contributed by atoms with Crippen molar-refractivity contribution in [1.29, 1.82) is 0 Å². The van der Waals surface area contributed by atoms with Crippen molar-refractivity contribution in [3.63, 3.8) is 0 Å². The van der Waals surface area contributed by atoms with Crippen molar-refractivity contribution in [3.8, 4) is 11.4 Å². The van der Waals surface area contributed by atoms with Crippen LogP contribution in [0.25, 0.3) is 5.69 Å². The topological polar surface area (TPSA) is 39.1 Å². The summed E-state index contributed by atoms with van der Waals surface area (Å²) in [5.74, 6) is 1.92. The lowest BCUT2D eigenvalue weighted by molar-refractivity contribution is 0.410. The molecule has 0 spiro atoms. The molecule has 1 N–H and O–H groups in total. The molecule has 0 saturated heterocycles. The van der Waals surface area contributed by atoms with Gasteiger partial charge in [-0.3, -0.25) is 0 Å². The highest BCUT2D eigenvalue weighted by Gasteiger charge is 2.22. The maximum atomic E-state index is 6.23. The van der Waals surface area contributed by atoms with Crippen LogP contribution in [-0.4, -0.2) is 23.4 Å². The second-order valence-corrected chi connectivity index (χ2v) is 7.56. The minimum Gasteiger partial charge on any atom is -0.496 e. The number of benzene rings is 2. The molecular weight excluding hydrogens is 381 g/mol. The lowest BCUT2D eigenvalue weighted by Gasteiger charge is -2.10. The van der Waals surface area contributed by atoms with E-state index in [1.165, 1.54) is 5.56 Å². The first-order valence-electron chi connectivity index (χ1n) is 9.08. The van der Waals surface area contributed by atoms with Crippen molar-refractivity contribution in [2.24, 2.45) is 0 Å². The molecule has 0 atom stereocenters. The number of fused-ring (bicyclic) bond motifs is 1. The molecule has 27 heavy (non-hydrogen) atoms. The fraction of sp³-hybridized carbons (Fsp3) is 0.286. The summed E-state index contributed by atoms with van der Waals surface area (Å²) in [6.07, 6.45) is 4.00. The largest absolute Gasteiger partial charge is 0.496 e. The molecule has 1 aromatic heterocycles. The van der Waals surface area contributed by atoms with Gasteiger partial charge in [0.2, 0.25) is 0 Å². The van der Waals surface area contributed by atoms with Gasteiger partial charge in [-0.15, -0.1) is 0 Å². The first kappa shape index (κ1) is 18.2. The van der Waals surface area contributed by atoms with E-state index in [0.717, 1.165) is 60.7 Å². The smallest absolute Gasteiger partial charge is 0.133 e. The van der Waals surface area contributed by atoms with Crippen molar-refractivity contribution >= 4 is 29.0 Å². The van der Waals surface area contributed by atoms with Gasteiger partial charge >= 0.3 is 0 Å². The van der Waals surface area contributed by atoms with E-state index in [1.54, 1.807) is 13.2 Å². The number of nitrogens with zero attached hydrogens (tertiary/aromatic N) is 2. The van der Waals surface area contributed by atoms with Crippen molar-refractivity contribution in [1.82, 2.24) is 9.78 Å². The number of ether oxygens (including phenoxy) is 1. The second kappa shape index (κ2) is 7.83. The molecule has 4 nitrogen and oxygen atoms in total. The lowest BCUT2D eigenvalue weighted by atomic mass is 10.0. The Bertz CT molecular complexity index is 948. The normalized spacial score (nSPS) is 13.6. The van der Waals surface area contributed by atoms with Crippen molar-refractivity contribution in [3.05, 3.63) is 69.3 Å². The molecule has 0 radical (unpaired) electrons. The quantitative estimate of drug-likeness (QED) is 0.624. The Morgan fingerprint density at radius 1 is 1.11 bits per heavy atom. The van der Waals surface area contributed by atoms with E-state index in [4.69, 9.17) is 33.0 Å². The highest BCUT2D eigenvalue weighted by atomic mass is 35.5. The average molecular weight is 402 g/mol. The van der Waals surface area contributed by atoms with Gasteiger partial charge in [0.25, 0.3) is 0 Å². The second-order valence-electron chi connectivity index (χ2n) is 6.69. The van der Waals surface area contributed by atoms with Gasteiger partial charge in [0.15, 0.2) is 0 Å². The summed E-state index contributed by atoms with van der Waals surface area (Å²) in [5, 5.41) is 9.68. The molecule has 0 fully saturated rings. The highest BCUT2D eigenvalue weighted by molar-refractivity contribution is 6.34. The van der Waals surface area contributed by atoms with Gasteiger partial charge in [0, 0.05) is 34.1 Å². The molecule has 4 rings (SSSR count). The van der Waals surface area contributed by atoms with Gasteiger partial charge in [0.1, 0.15) is 11.6 Å². The monoisotopic (exact) mass is 401 g/mol. The first-order valence-corrected chi connectivity index (χ1v) is 9.84. The Kier molecular flexibility index (Phi) is 5.28. The average Bonchev–Trinajstić information content (AvgIpc) is 2.83. The van der Waals surface area contributed by atoms with Crippen LogP contribution in [0.15, 0.2) is 42.5 Å². The number of hydrogen-bond acceptors (Lipinski definition) is 3. The number of halogens is 2. The standard InChI is InChI=1S/C21H21Cl2N3O/c1-27-20-8-3-2-6-14(20)10-19-18-7-4-5-9-24-21(18)26(25-19)17-12-15(22)11-16(23)13-17/h2-3,6,8,11-13,24H,4-5,7,9-10H2,1H3. The molecule has 6 heteroatoms. The van der Waals surface area contributed by atoms with Crippen LogP contribution >= 0.6 is 23.2 Å². The van der Waals surface area contributed by atoms with Gasteiger partial charge < -0.3 is 10.1 Å². The van der Waals surface area contributed by atoms with Crippen molar-refractivity contribution < 1.29 is 4.74 Å². The van der Waals surface area contributed by atoms with Crippen LogP contribution in [0.4, 0.5) is 5.82 Å². The Balaban J connectivity index is 1.81. The first-order chi connectivity index (χ1) is 13.2. The Hall–Kier alpha value is -2.17. The highest BCUT2D eigenvalue weighted by Crippen LogP contribution is 2.32. The predicted molar refractivity (Wildman–Crippen MR) is 111 cm³/mol. The van der Waals surface area contributed by atoms with E-state index < -0.39 is 0 Å². The van der Waals surface area contributed by atoms with Crippen LogP contribution in [0.5, 0.6) is 5.75 Å². The van der Waals surface area contributed by atoms with E-state index >= 15 is 0 Å². The maximum absolute atomic E-state index is 6.23. The molecule has 3 aromatic rings. The fourth-order valence-corrected chi connectivity index (χ4v) is 4.11. The van der Waals surface area contributed by atoms with Crippen molar-refractivity contribution in [2.75, 3.05) is 19.0 Å². The van der Waals surface area contributed by atoms with Gasteiger partial charge in [-0.05, 0) is 43.5 Å². The number of hydrogen-bond donors (Lipinski definition) is 1. The van der Waals surface area contributed by atoms with Gasteiger partial charge in [0.05, 0.1) is 18.5 Å². The van der Waals surface area contributed by atoms with Crippen LogP contribution in [0.1, 0.15) is 29.7 Å². The molecule has 0 amide bonds. The van der Waals surface area contributed by atoms with Crippen molar-refractivity contribution in [2.45, 2.75) is 25.7 Å². The molecule has 140 valence electrons. The number of methoxy groups -OCH3 is 1. The number of nitrogens with one attached hydrogen (secondary N) is 1. The predicted octanol–water partition coefficient (Wildman–Crippen LogP) is 5.53. The van der Waals surface area contributed by atoms with Crippen LogP contribution in [0.2, 0.25) is 10.0 Å². The SMILES string of the molecule is COc1ccccc1Cc1nn(-c2cc(Cl)cc(Cl)c2)c2c1CCCCN2. The third kappa shape index (κ3) is 3.78.